The Hall–Kier alpha value is -3.58. The Labute approximate surface area is 218 Å². The van der Waals surface area contributed by atoms with Crippen molar-refractivity contribution in [3.63, 3.8) is 0 Å². The van der Waals surface area contributed by atoms with Gasteiger partial charge < -0.3 is 20.6 Å². The number of carbonyl (C=O) groups excluding carboxylic acids is 1. The van der Waals surface area contributed by atoms with Gasteiger partial charge in [0.1, 0.15) is 9.84 Å². The molecule has 0 aromatic heterocycles. The van der Waals surface area contributed by atoms with Crippen molar-refractivity contribution < 1.29 is 23.1 Å². The van der Waals surface area contributed by atoms with E-state index in [1.165, 1.54) is 0 Å². The van der Waals surface area contributed by atoms with Gasteiger partial charge in [-0.3, -0.25) is 4.79 Å². The van der Waals surface area contributed by atoms with Gasteiger partial charge in [0.2, 0.25) is 0 Å². The highest BCUT2D eigenvalue weighted by atomic mass is 32.2. The standard InChI is InChI=1S/C27H34N4O5S/c1-4-13-31(22-11-14-37(35,36)15-12-22)24-10-7-20(27(2,3)17-25(32)33)16-23(24)30-26(34)29-21-8-5-19(18-28)6-9-21/h5-10,16,22H,4,11-15,17H2,1-3H3,(H,32,33)(H2,29,30,34). The van der Waals surface area contributed by atoms with Gasteiger partial charge in [-0.1, -0.05) is 26.8 Å². The summed E-state index contributed by atoms with van der Waals surface area (Å²) in [6.45, 7) is 6.40. The van der Waals surface area contributed by atoms with Crippen molar-refractivity contribution in [2.45, 2.75) is 57.9 Å². The molecule has 0 spiro atoms. The maximum atomic E-state index is 13.0. The number of rotatable bonds is 9. The van der Waals surface area contributed by atoms with Gasteiger partial charge in [0, 0.05) is 23.7 Å². The van der Waals surface area contributed by atoms with Crippen LogP contribution in [0.2, 0.25) is 0 Å². The van der Waals surface area contributed by atoms with Gasteiger partial charge in [0.15, 0.2) is 0 Å². The summed E-state index contributed by atoms with van der Waals surface area (Å²) in [5, 5.41) is 24.1. The number of benzene rings is 2. The largest absolute Gasteiger partial charge is 0.481 e. The van der Waals surface area contributed by atoms with Crippen LogP contribution in [0.15, 0.2) is 42.5 Å². The van der Waals surface area contributed by atoms with Crippen molar-refractivity contribution in [1.82, 2.24) is 0 Å². The molecule has 10 heteroatoms. The molecule has 1 aliphatic heterocycles. The molecule has 3 N–H and O–H groups in total. The minimum Gasteiger partial charge on any atom is -0.481 e. The van der Waals surface area contributed by atoms with Gasteiger partial charge in [-0.05, 0) is 61.2 Å². The van der Waals surface area contributed by atoms with Gasteiger partial charge in [0.05, 0.1) is 40.9 Å². The van der Waals surface area contributed by atoms with E-state index in [1.54, 1.807) is 30.3 Å². The van der Waals surface area contributed by atoms with Gasteiger partial charge in [-0.2, -0.15) is 5.26 Å². The Balaban J connectivity index is 1.96. The maximum Gasteiger partial charge on any atom is 0.323 e. The third kappa shape index (κ3) is 7.46. The van der Waals surface area contributed by atoms with Crippen molar-refractivity contribution in [1.29, 1.82) is 5.26 Å². The van der Waals surface area contributed by atoms with Crippen LogP contribution in [0.3, 0.4) is 0 Å². The topological polar surface area (TPSA) is 140 Å². The Morgan fingerprint density at radius 3 is 2.32 bits per heavy atom. The second-order valence-electron chi connectivity index (χ2n) is 10.0. The first-order valence-electron chi connectivity index (χ1n) is 12.4. The zero-order valence-corrected chi connectivity index (χ0v) is 22.3. The number of carboxylic acid groups (broad SMARTS) is 1. The lowest BCUT2D eigenvalue weighted by Crippen LogP contribution is -2.42. The second kappa shape index (κ2) is 11.6. The summed E-state index contributed by atoms with van der Waals surface area (Å²) in [5.74, 6) is -0.661. The number of aliphatic carboxylic acids is 1. The zero-order chi connectivity index (χ0) is 27.2. The molecule has 1 fully saturated rings. The summed E-state index contributed by atoms with van der Waals surface area (Å²) in [4.78, 5) is 26.6. The van der Waals surface area contributed by atoms with Crippen molar-refractivity contribution >= 4 is 38.9 Å². The van der Waals surface area contributed by atoms with Gasteiger partial charge in [0.25, 0.3) is 0 Å². The molecular weight excluding hydrogens is 492 g/mol. The third-order valence-corrected chi connectivity index (χ3v) is 8.35. The van der Waals surface area contributed by atoms with Crippen LogP contribution >= 0.6 is 0 Å². The molecule has 1 aliphatic rings. The predicted molar refractivity (Wildman–Crippen MR) is 145 cm³/mol. The smallest absolute Gasteiger partial charge is 0.323 e. The van der Waals surface area contributed by atoms with E-state index >= 15 is 0 Å². The van der Waals surface area contributed by atoms with Crippen molar-refractivity contribution in [2.75, 3.05) is 33.6 Å². The van der Waals surface area contributed by atoms with E-state index < -0.39 is 27.3 Å². The highest BCUT2D eigenvalue weighted by Crippen LogP contribution is 2.37. The van der Waals surface area contributed by atoms with Crippen LogP contribution in [0, 0.1) is 11.3 Å². The average molecular weight is 527 g/mol. The van der Waals surface area contributed by atoms with E-state index in [1.807, 2.05) is 39.0 Å². The van der Waals surface area contributed by atoms with E-state index in [9.17, 15) is 23.1 Å². The molecule has 0 atom stereocenters. The molecule has 0 aliphatic carbocycles. The molecule has 2 amide bonds. The number of amides is 2. The normalized spacial score (nSPS) is 15.4. The van der Waals surface area contributed by atoms with E-state index in [0.29, 0.717) is 36.3 Å². The number of carbonyl (C=O) groups is 2. The van der Waals surface area contributed by atoms with Crippen molar-refractivity contribution in [3.05, 3.63) is 53.6 Å². The zero-order valence-electron chi connectivity index (χ0n) is 21.5. The first kappa shape index (κ1) is 28.0. The first-order valence-corrected chi connectivity index (χ1v) is 14.2. The second-order valence-corrected chi connectivity index (χ2v) is 12.3. The summed E-state index contributed by atoms with van der Waals surface area (Å²) in [6, 6.07) is 13.6. The summed E-state index contributed by atoms with van der Waals surface area (Å²) in [6.07, 6.45) is 1.76. The number of carboxylic acids is 1. The quantitative estimate of drug-likeness (QED) is 0.428. The molecule has 9 nitrogen and oxygen atoms in total. The van der Waals surface area contributed by atoms with Crippen LogP contribution in [-0.4, -0.2) is 49.6 Å². The lowest BCUT2D eigenvalue weighted by molar-refractivity contribution is -0.138. The SMILES string of the molecule is CCCN(c1ccc(C(C)(C)CC(=O)O)cc1NC(=O)Nc1ccc(C#N)cc1)C1CCS(=O)(=O)CC1. The number of urea groups is 1. The molecule has 2 aromatic carbocycles. The fourth-order valence-corrected chi connectivity index (χ4v) is 6.10. The van der Waals surface area contributed by atoms with E-state index in [4.69, 9.17) is 5.26 Å². The maximum absolute atomic E-state index is 13.0. The molecular formula is C27H34N4O5S. The van der Waals surface area contributed by atoms with Crippen LogP contribution in [0.5, 0.6) is 0 Å². The van der Waals surface area contributed by atoms with E-state index in [2.05, 4.69) is 15.5 Å². The molecule has 1 heterocycles. The lowest BCUT2D eigenvalue weighted by atomic mass is 9.81. The first-order chi connectivity index (χ1) is 17.4. The molecule has 1 saturated heterocycles. The highest BCUT2D eigenvalue weighted by molar-refractivity contribution is 7.91. The van der Waals surface area contributed by atoms with Crippen LogP contribution < -0.4 is 15.5 Å². The minimum atomic E-state index is -3.03. The summed E-state index contributed by atoms with van der Waals surface area (Å²) >= 11 is 0. The lowest BCUT2D eigenvalue weighted by Gasteiger charge is -2.37. The Bertz CT molecular complexity index is 1270. The number of anilines is 3. The van der Waals surface area contributed by atoms with Crippen molar-refractivity contribution in [2.24, 2.45) is 0 Å². The van der Waals surface area contributed by atoms with Crippen LogP contribution in [0.25, 0.3) is 0 Å². The summed E-state index contributed by atoms with van der Waals surface area (Å²) < 4.78 is 24.1. The van der Waals surface area contributed by atoms with Gasteiger partial charge >= 0.3 is 12.0 Å². The van der Waals surface area contributed by atoms with Gasteiger partial charge in [-0.25, -0.2) is 13.2 Å². The van der Waals surface area contributed by atoms with Crippen LogP contribution in [0.4, 0.5) is 21.9 Å². The van der Waals surface area contributed by atoms with E-state index in [-0.39, 0.29) is 24.0 Å². The number of nitrogens with one attached hydrogen (secondary N) is 2. The highest BCUT2D eigenvalue weighted by Gasteiger charge is 2.31. The minimum absolute atomic E-state index is 0.00323. The monoisotopic (exact) mass is 526 g/mol. The van der Waals surface area contributed by atoms with Crippen molar-refractivity contribution in [3.8, 4) is 6.07 Å². The number of nitrogens with zero attached hydrogens (tertiary/aromatic N) is 2. The molecule has 198 valence electrons. The van der Waals surface area contributed by atoms with Gasteiger partial charge in [-0.15, -0.1) is 0 Å². The predicted octanol–water partition coefficient (Wildman–Crippen LogP) is 4.75. The fourth-order valence-electron chi connectivity index (χ4n) is 4.63. The summed E-state index contributed by atoms with van der Waals surface area (Å²) in [5.41, 5.74) is 2.35. The fraction of sp³-hybridized carbons (Fsp3) is 0.444. The molecule has 3 rings (SSSR count). The number of sulfone groups is 1. The molecule has 37 heavy (non-hydrogen) atoms. The molecule has 0 unspecified atom stereocenters. The third-order valence-electron chi connectivity index (χ3n) is 6.63. The Kier molecular flexibility index (Phi) is 8.81. The number of nitriles is 1. The molecule has 0 saturated carbocycles. The molecule has 0 bridgehead atoms. The van der Waals surface area contributed by atoms with Crippen LogP contribution in [0.1, 0.15) is 57.6 Å². The number of hydrogen-bond acceptors (Lipinski definition) is 6. The Morgan fingerprint density at radius 1 is 1.11 bits per heavy atom. The molecule has 0 radical (unpaired) electrons. The average Bonchev–Trinajstić information content (AvgIpc) is 2.82. The molecule has 2 aromatic rings. The van der Waals surface area contributed by atoms with Crippen LogP contribution in [-0.2, 0) is 20.0 Å². The number of hydrogen-bond donors (Lipinski definition) is 3. The van der Waals surface area contributed by atoms with E-state index in [0.717, 1.165) is 17.7 Å². The Morgan fingerprint density at radius 2 is 1.76 bits per heavy atom. The summed E-state index contributed by atoms with van der Waals surface area (Å²) in [7, 11) is -3.03.